The van der Waals surface area contributed by atoms with Crippen LogP contribution in [0.1, 0.15) is 38.5 Å². The largest absolute Gasteiger partial charge is 0.381 e. The standard InChI is InChI=1S/C14H24N2O3/c17-13(16-7-3-1-2-4-8-16)11-15-14(18)12-5-9-19-10-6-12/h12H,1-11H2,(H,15,18). The lowest BCUT2D eigenvalue weighted by Gasteiger charge is -2.23. The van der Waals surface area contributed by atoms with E-state index in [9.17, 15) is 9.59 Å². The molecule has 2 saturated heterocycles. The Kier molecular flexibility index (Phi) is 5.63. The van der Waals surface area contributed by atoms with Crippen LogP contribution in [-0.2, 0) is 14.3 Å². The van der Waals surface area contributed by atoms with Gasteiger partial charge in [0.1, 0.15) is 0 Å². The highest BCUT2D eigenvalue weighted by Crippen LogP contribution is 2.14. The van der Waals surface area contributed by atoms with Crippen LogP contribution in [0, 0.1) is 5.92 Å². The first kappa shape index (κ1) is 14.3. The second-order valence-electron chi connectivity index (χ2n) is 5.40. The monoisotopic (exact) mass is 268 g/mol. The van der Waals surface area contributed by atoms with Gasteiger partial charge in [-0.3, -0.25) is 9.59 Å². The molecule has 0 aromatic rings. The van der Waals surface area contributed by atoms with Crippen molar-refractivity contribution in [2.24, 2.45) is 5.92 Å². The van der Waals surface area contributed by atoms with Crippen molar-refractivity contribution in [1.82, 2.24) is 10.2 Å². The lowest BCUT2D eigenvalue weighted by atomic mass is 9.99. The van der Waals surface area contributed by atoms with Crippen LogP contribution in [0.25, 0.3) is 0 Å². The van der Waals surface area contributed by atoms with Gasteiger partial charge in [-0.15, -0.1) is 0 Å². The maximum atomic E-state index is 12.0. The fraction of sp³-hybridized carbons (Fsp3) is 0.857. The summed E-state index contributed by atoms with van der Waals surface area (Å²) in [5, 5.41) is 2.78. The Labute approximate surface area is 114 Å². The minimum absolute atomic E-state index is 0.00599. The summed E-state index contributed by atoms with van der Waals surface area (Å²) in [6, 6.07) is 0. The van der Waals surface area contributed by atoms with Crippen LogP contribution in [0.5, 0.6) is 0 Å². The SMILES string of the molecule is O=C(NCC(=O)N1CCCCCC1)C1CCOCC1. The third-order valence-electron chi connectivity index (χ3n) is 3.96. The van der Waals surface area contributed by atoms with Crippen LogP contribution >= 0.6 is 0 Å². The quantitative estimate of drug-likeness (QED) is 0.828. The molecule has 0 unspecified atom stereocenters. The van der Waals surface area contributed by atoms with Crippen molar-refractivity contribution in [3.8, 4) is 0 Å². The minimum Gasteiger partial charge on any atom is -0.381 e. The van der Waals surface area contributed by atoms with Gasteiger partial charge in [-0.2, -0.15) is 0 Å². The topological polar surface area (TPSA) is 58.6 Å². The third kappa shape index (κ3) is 4.49. The van der Waals surface area contributed by atoms with Crippen molar-refractivity contribution in [1.29, 1.82) is 0 Å². The van der Waals surface area contributed by atoms with E-state index in [0.29, 0.717) is 13.2 Å². The molecule has 0 aromatic carbocycles. The summed E-state index contributed by atoms with van der Waals surface area (Å²) in [4.78, 5) is 25.8. The van der Waals surface area contributed by atoms with Crippen molar-refractivity contribution in [2.75, 3.05) is 32.8 Å². The Balaban J connectivity index is 1.71. The van der Waals surface area contributed by atoms with Gasteiger partial charge in [0.2, 0.25) is 11.8 Å². The maximum Gasteiger partial charge on any atom is 0.241 e. The zero-order valence-corrected chi connectivity index (χ0v) is 11.5. The summed E-state index contributed by atoms with van der Waals surface area (Å²) in [7, 11) is 0. The summed E-state index contributed by atoms with van der Waals surface area (Å²) >= 11 is 0. The number of hydrogen-bond donors (Lipinski definition) is 1. The smallest absolute Gasteiger partial charge is 0.241 e. The Bertz CT molecular complexity index is 306. The van der Waals surface area contributed by atoms with Crippen LogP contribution in [0.3, 0.4) is 0 Å². The highest BCUT2D eigenvalue weighted by atomic mass is 16.5. The van der Waals surface area contributed by atoms with E-state index >= 15 is 0 Å². The lowest BCUT2D eigenvalue weighted by Crippen LogP contribution is -2.43. The van der Waals surface area contributed by atoms with Gasteiger partial charge in [0, 0.05) is 32.2 Å². The Morgan fingerprint density at radius 3 is 2.32 bits per heavy atom. The number of nitrogens with zero attached hydrogens (tertiary/aromatic N) is 1. The number of carbonyl (C=O) groups is 2. The molecule has 2 rings (SSSR count). The highest BCUT2D eigenvalue weighted by molar-refractivity contribution is 5.85. The van der Waals surface area contributed by atoms with E-state index in [1.54, 1.807) is 0 Å². The molecule has 2 aliphatic rings. The molecule has 0 atom stereocenters. The molecule has 2 aliphatic heterocycles. The summed E-state index contributed by atoms with van der Waals surface area (Å²) in [6.07, 6.45) is 6.11. The molecule has 0 spiro atoms. The number of hydrogen-bond acceptors (Lipinski definition) is 3. The van der Waals surface area contributed by atoms with E-state index in [1.165, 1.54) is 12.8 Å². The molecule has 108 valence electrons. The number of rotatable bonds is 3. The van der Waals surface area contributed by atoms with Gasteiger partial charge in [-0.05, 0) is 25.7 Å². The van der Waals surface area contributed by atoms with Crippen LogP contribution < -0.4 is 5.32 Å². The van der Waals surface area contributed by atoms with E-state index in [1.807, 2.05) is 4.90 Å². The number of nitrogens with one attached hydrogen (secondary N) is 1. The predicted molar refractivity (Wildman–Crippen MR) is 71.6 cm³/mol. The number of amides is 2. The lowest BCUT2D eigenvalue weighted by molar-refractivity contribution is -0.134. The first-order chi connectivity index (χ1) is 9.27. The molecule has 5 nitrogen and oxygen atoms in total. The average Bonchev–Trinajstić information content (AvgIpc) is 2.74. The van der Waals surface area contributed by atoms with Crippen molar-refractivity contribution >= 4 is 11.8 Å². The third-order valence-corrected chi connectivity index (χ3v) is 3.96. The molecule has 1 N–H and O–H groups in total. The van der Waals surface area contributed by atoms with Crippen LogP contribution in [-0.4, -0.2) is 49.6 Å². The molecule has 5 heteroatoms. The van der Waals surface area contributed by atoms with Gasteiger partial charge in [0.25, 0.3) is 0 Å². The van der Waals surface area contributed by atoms with E-state index in [-0.39, 0.29) is 24.3 Å². The van der Waals surface area contributed by atoms with E-state index in [4.69, 9.17) is 4.74 Å². The van der Waals surface area contributed by atoms with Crippen LogP contribution in [0.4, 0.5) is 0 Å². The highest BCUT2D eigenvalue weighted by Gasteiger charge is 2.23. The molecule has 0 bridgehead atoms. The molecule has 0 saturated carbocycles. The van der Waals surface area contributed by atoms with E-state index in [0.717, 1.165) is 38.8 Å². The first-order valence-corrected chi connectivity index (χ1v) is 7.40. The van der Waals surface area contributed by atoms with Crippen molar-refractivity contribution < 1.29 is 14.3 Å². The van der Waals surface area contributed by atoms with Crippen molar-refractivity contribution in [2.45, 2.75) is 38.5 Å². The number of likely N-dealkylation sites (tertiary alicyclic amines) is 1. The molecule has 2 fully saturated rings. The Morgan fingerprint density at radius 2 is 1.68 bits per heavy atom. The van der Waals surface area contributed by atoms with E-state index in [2.05, 4.69) is 5.32 Å². The van der Waals surface area contributed by atoms with Gasteiger partial charge < -0.3 is 15.0 Å². The summed E-state index contributed by atoms with van der Waals surface area (Å²) in [6.45, 7) is 3.13. The second kappa shape index (κ2) is 7.48. The van der Waals surface area contributed by atoms with Gasteiger partial charge in [-0.25, -0.2) is 0 Å². The average molecular weight is 268 g/mol. The maximum absolute atomic E-state index is 12.0. The summed E-state index contributed by atoms with van der Waals surface area (Å²) in [5.74, 6) is 0.0828. The first-order valence-electron chi connectivity index (χ1n) is 7.40. The summed E-state index contributed by atoms with van der Waals surface area (Å²) < 4.78 is 5.23. The van der Waals surface area contributed by atoms with Gasteiger partial charge in [-0.1, -0.05) is 12.8 Å². The Hall–Kier alpha value is -1.10. The minimum atomic E-state index is 0.00599. The number of carbonyl (C=O) groups excluding carboxylic acids is 2. The molecular weight excluding hydrogens is 244 g/mol. The molecule has 0 aromatic heterocycles. The predicted octanol–water partition coefficient (Wildman–Crippen LogP) is 0.932. The van der Waals surface area contributed by atoms with Gasteiger partial charge in [0.15, 0.2) is 0 Å². The number of ether oxygens (including phenoxy) is 1. The van der Waals surface area contributed by atoms with Crippen molar-refractivity contribution in [3.63, 3.8) is 0 Å². The van der Waals surface area contributed by atoms with Crippen LogP contribution in [0.15, 0.2) is 0 Å². The zero-order chi connectivity index (χ0) is 13.5. The molecular formula is C14H24N2O3. The molecule has 2 amide bonds. The fourth-order valence-corrected chi connectivity index (χ4v) is 2.70. The van der Waals surface area contributed by atoms with Gasteiger partial charge >= 0.3 is 0 Å². The zero-order valence-electron chi connectivity index (χ0n) is 11.5. The van der Waals surface area contributed by atoms with E-state index < -0.39 is 0 Å². The molecule has 0 radical (unpaired) electrons. The molecule has 0 aliphatic carbocycles. The van der Waals surface area contributed by atoms with Gasteiger partial charge in [0.05, 0.1) is 6.54 Å². The Morgan fingerprint density at radius 1 is 1.05 bits per heavy atom. The normalized spacial score (nSPS) is 21.8. The molecule has 2 heterocycles. The van der Waals surface area contributed by atoms with Crippen LogP contribution in [0.2, 0.25) is 0 Å². The second-order valence-corrected chi connectivity index (χ2v) is 5.40. The fourth-order valence-electron chi connectivity index (χ4n) is 2.70. The summed E-state index contributed by atoms with van der Waals surface area (Å²) in [5.41, 5.74) is 0. The van der Waals surface area contributed by atoms with Crippen molar-refractivity contribution in [3.05, 3.63) is 0 Å². The molecule has 19 heavy (non-hydrogen) atoms.